The Labute approximate surface area is 176 Å². The number of ether oxygens (including phenoxy) is 3. The van der Waals surface area contributed by atoms with Gasteiger partial charge in [0.1, 0.15) is 11.5 Å². The van der Waals surface area contributed by atoms with Gasteiger partial charge in [-0.05, 0) is 30.7 Å². The van der Waals surface area contributed by atoms with Gasteiger partial charge in [0.25, 0.3) is 0 Å². The molecule has 1 N–H and O–H groups in total. The molecule has 3 rings (SSSR count). The zero-order chi connectivity index (χ0) is 21.7. The summed E-state index contributed by atoms with van der Waals surface area (Å²) in [4.78, 5) is 12.8. The molecule has 162 valence electrons. The normalized spacial score (nSPS) is 14.9. The van der Waals surface area contributed by atoms with E-state index in [0.29, 0.717) is 49.1 Å². The second-order valence-corrected chi connectivity index (χ2v) is 8.83. The van der Waals surface area contributed by atoms with E-state index in [9.17, 15) is 13.2 Å². The van der Waals surface area contributed by atoms with Gasteiger partial charge in [0.2, 0.25) is 15.9 Å². The number of nitrogens with zero attached hydrogens (tertiary/aromatic N) is 1. The first kappa shape index (κ1) is 22.1. The van der Waals surface area contributed by atoms with Gasteiger partial charge in [-0.25, -0.2) is 8.42 Å². The molecule has 0 radical (unpaired) electrons. The Bertz CT molecular complexity index is 1020. The quantitative estimate of drug-likeness (QED) is 0.718. The van der Waals surface area contributed by atoms with Crippen LogP contribution >= 0.6 is 0 Å². The van der Waals surface area contributed by atoms with Crippen LogP contribution in [0.2, 0.25) is 0 Å². The fourth-order valence-corrected chi connectivity index (χ4v) is 4.63. The Hall–Kier alpha value is -2.62. The SMILES string of the molecule is COc1ccc(CC(=O)Nc2cc(S(=O)(=O)N3CCOCC3)ccc2C)c(OC)c1. The molecule has 0 saturated carbocycles. The van der Waals surface area contributed by atoms with Crippen molar-refractivity contribution in [3.63, 3.8) is 0 Å². The monoisotopic (exact) mass is 434 g/mol. The summed E-state index contributed by atoms with van der Waals surface area (Å²) in [7, 11) is -0.561. The second-order valence-electron chi connectivity index (χ2n) is 6.90. The van der Waals surface area contributed by atoms with Gasteiger partial charge in [-0.15, -0.1) is 0 Å². The highest BCUT2D eigenvalue weighted by atomic mass is 32.2. The molecule has 30 heavy (non-hydrogen) atoms. The molecule has 1 aliphatic rings. The minimum absolute atomic E-state index is 0.0764. The molecule has 8 nitrogen and oxygen atoms in total. The van der Waals surface area contributed by atoms with Crippen molar-refractivity contribution in [1.82, 2.24) is 4.31 Å². The smallest absolute Gasteiger partial charge is 0.243 e. The van der Waals surface area contributed by atoms with Crippen molar-refractivity contribution in [3.05, 3.63) is 47.5 Å². The van der Waals surface area contributed by atoms with Crippen LogP contribution in [0.5, 0.6) is 11.5 Å². The molecule has 0 unspecified atom stereocenters. The highest BCUT2D eigenvalue weighted by molar-refractivity contribution is 7.89. The van der Waals surface area contributed by atoms with Gasteiger partial charge in [-0.2, -0.15) is 4.31 Å². The Balaban J connectivity index is 1.78. The Morgan fingerprint density at radius 3 is 2.50 bits per heavy atom. The van der Waals surface area contributed by atoms with E-state index >= 15 is 0 Å². The Kier molecular flexibility index (Phi) is 6.96. The largest absolute Gasteiger partial charge is 0.497 e. The number of hydrogen-bond acceptors (Lipinski definition) is 6. The van der Waals surface area contributed by atoms with Gasteiger partial charge in [0.05, 0.1) is 38.7 Å². The van der Waals surface area contributed by atoms with E-state index in [4.69, 9.17) is 14.2 Å². The number of anilines is 1. The van der Waals surface area contributed by atoms with Crippen LogP contribution < -0.4 is 14.8 Å². The molecule has 0 aliphatic carbocycles. The summed E-state index contributed by atoms with van der Waals surface area (Å²) in [6.07, 6.45) is 0.0764. The van der Waals surface area contributed by atoms with E-state index in [1.165, 1.54) is 17.5 Å². The maximum absolute atomic E-state index is 12.9. The van der Waals surface area contributed by atoms with Crippen LogP contribution in [0.1, 0.15) is 11.1 Å². The van der Waals surface area contributed by atoms with Crippen molar-refractivity contribution in [2.75, 3.05) is 45.8 Å². The fourth-order valence-electron chi connectivity index (χ4n) is 3.20. The number of hydrogen-bond donors (Lipinski definition) is 1. The number of benzene rings is 2. The number of amides is 1. The summed E-state index contributed by atoms with van der Waals surface area (Å²) >= 11 is 0. The Morgan fingerprint density at radius 1 is 1.10 bits per heavy atom. The van der Waals surface area contributed by atoms with E-state index in [-0.39, 0.29) is 17.2 Å². The molecule has 1 aliphatic heterocycles. The first-order valence-corrected chi connectivity index (χ1v) is 11.0. The third-order valence-electron chi connectivity index (χ3n) is 4.94. The van der Waals surface area contributed by atoms with Crippen LogP contribution in [0.4, 0.5) is 5.69 Å². The van der Waals surface area contributed by atoms with Gasteiger partial charge in [0.15, 0.2) is 0 Å². The molecular formula is C21H26N2O6S. The molecular weight excluding hydrogens is 408 g/mol. The predicted molar refractivity (Wildman–Crippen MR) is 113 cm³/mol. The average molecular weight is 435 g/mol. The van der Waals surface area contributed by atoms with Crippen LogP contribution in [-0.4, -0.2) is 59.2 Å². The Morgan fingerprint density at radius 2 is 1.83 bits per heavy atom. The third-order valence-corrected chi connectivity index (χ3v) is 6.83. The number of methoxy groups -OCH3 is 2. The van der Waals surface area contributed by atoms with Crippen LogP contribution in [0.3, 0.4) is 0 Å². The first-order chi connectivity index (χ1) is 14.3. The van der Waals surface area contributed by atoms with Crippen molar-refractivity contribution < 1.29 is 27.4 Å². The molecule has 0 aromatic heterocycles. The maximum Gasteiger partial charge on any atom is 0.243 e. The summed E-state index contributed by atoms with van der Waals surface area (Å²) in [5, 5.41) is 2.82. The van der Waals surface area contributed by atoms with Crippen molar-refractivity contribution in [2.45, 2.75) is 18.2 Å². The minimum atomic E-state index is -3.65. The van der Waals surface area contributed by atoms with E-state index in [2.05, 4.69) is 5.32 Å². The number of nitrogens with one attached hydrogen (secondary N) is 1. The molecule has 1 saturated heterocycles. The molecule has 0 bridgehead atoms. The van der Waals surface area contributed by atoms with Crippen LogP contribution in [0.25, 0.3) is 0 Å². The van der Waals surface area contributed by atoms with Crippen molar-refractivity contribution in [2.24, 2.45) is 0 Å². The van der Waals surface area contributed by atoms with Gasteiger partial charge < -0.3 is 19.5 Å². The topological polar surface area (TPSA) is 94.2 Å². The number of sulfonamides is 1. The zero-order valence-electron chi connectivity index (χ0n) is 17.3. The lowest BCUT2D eigenvalue weighted by molar-refractivity contribution is -0.115. The third kappa shape index (κ3) is 4.92. The maximum atomic E-state index is 12.9. The zero-order valence-corrected chi connectivity index (χ0v) is 18.1. The summed E-state index contributed by atoms with van der Waals surface area (Å²) in [6.45, 7) is 3.19. The van der Waals surface area contributed by atoms with Gasteiger partial charge in [0, 0.05) is 30.4 Å². The number of rotatable bonds is 7. The molecule has 1 amide bonds. The van der Waals surface area contributed by atoms with E-state index in [0.717, 1.165) is 5.56 Å². The van der Waals surface area contributed by atoms with Gasteiger partial charge >= 0.3 is 0 Å². The lowest BCUT2D eigenvalue weighted by Crippen LogP contribution is -2.40. The molecule has 0 atom stereocenters. The second kappa shape index (κ2) is 9.46. The molecule has 0 spiro atoms. The fraction of sp³-hybridized carbons (Fsp3) is 0.381. The van der Waals surface area contributed by atoms with Gasteiger partial charge in [-0.3, -0.25) is 4.79 Å². The number of carbonyl (C=O) groups is 1. The summed E-state index contributed by atoms with van der Waals surface area (Å²) < 4.78 is 42.9. The lowest BCUT2D eigenvalue weighted by Gasteiger charge is -2.26. The highest BCUT2D eigenvalue weighted by Gasteiger charge is 2.27. The summed E-state index contributed by atoms with van der Waals surface area (Å²) in [5.74, 6) is 0.903. The van der Waals surface area contributed by atoms with Crippen molar-refractivity contribution in [3.8, 4) is 11.5 Å². The molecule has 1 heterocycles. The molecule has 2 aromatic rings. The van der Waals surface area contributed by atoms with Gasteiger partial charge in [-0.1, -0.05) is 12.1 Å². The van der Waals surface area contributed by atoms with E-state index in [1.807, 2.05) is 6.92 Å². The van der Waals surface area contributed by atoms with Crippen molar-refractivity contribution >= 4 is 21.6 Å². The average Bonchev–Trinajstić information content (AvgIpc) is 2.76. The number of aryl methyl sites for hydroxylation is 1. The molecule has 1 fully saturated rings. The summed E-state index contributed by atoms with van der Waals surface area (Å²) in [6, 6.07) is 9.99. The molecule has 2 aromatic carbocycles. The predicted octanol–water partition coefficient (Wildman–Crippen LogP) is 2.21. The van der Waals surface area contributed by atoms with Crippen LogP contribution in [0, 0.1) is 6.92 Å². The van der Waals surface area contributed by atoms with Crippen molar-refractivity contribution in [1.29, 1.82) is 0 Å². The standard InChI is InChI=1S/C21H26N2O6S/c1-15-4-7-18(30(25,26)23-8-10-29-11-9-23)14-19(15)22-21(24)12-16-5-6-17(27-2)13-20(16)28-3/h4-7,13-14H,8-12H2,1-3H3,(H,22,24). The molecule has 9 heteroatoms. The number of carbonyl (C=O) groups excluding carboxylic acids is 1. The number of morpholine rings is 1. The highest BCUT2D eigenvalue weighted by Crippen LogP contribution is 2.27. The lowest BCUT2D eigenvalue weighted by atomic mass is 10.1. The van der Waals surface area contributed by atoms with Crippen LogP contribution in [-0.2, 0) is 26.0 Å². The first-order valence-electron chi connectivity index (χ1n) is 9.54. The van der Waals surface area contributed by atoms with E-state index in [1.54, 1.807) is 37.4 Å². The van der Waals surface area contributed by atoms with Crippen LogP contribution in [0.15, 0.2) is 41.3 Å². The minimum Gasteiger partial charge on any atom is -0.497 e. The van der Waals surface area contributed by atoms with E-state index < -0.39 is 10.0 Å². The summed E-state index contributed by atoms with van der Waals surface area (Å²) in [5.41, 5.74) is 1.93.